The van der Waals surface area contributed by atoms with E-state index >= 15 is 0 Å². The Morgan fingerprint density at radius 1 is 1.30 bits per heavy atom. The second-order valence-electron chi connectivity index (χ2n) is 5.56. The van der Waals surface area contributed by atoms with Gasteiger partial charge in [-0.1, -0.05) is 32.4 Å². The van der Waals surface area contributed by atoms with Gasteiger partial charge < -0.3 is 10.5 Å². The van der Waals surface area contributed by atoms with Crippen LogP contribution < -0.4 is 10.5 Å². The first-order chi connectivity index (χ1) is 8.88. The van der Waals surface area contributed by atoms with Crippen LogP contribution in [0.4, 0.5) is 0 Å². The van der Waals surface area contributed by atoms with Crippen molar-refractivity contribution in [3.05, 3.63) is 27.8 Å². The topological polar surface area (TPSA) is 35.2 Å². The van der Waals surface area contributed by atoms with Crippen LogP contribution in [0.25, 0.3) is 0 Å². The number of nitrogens with two attached hydrogens (primary N) is 1. The molecule has 20 heavy (non-hydrogen) atoms. The molecule has 0 amide bonds. The van der Waals surface area contributed by atoms with E-state index in [1.165, 1.54) is 11.1 Å². The number of hydrogen-bond acceptors (Lipinski definition) is 2. The Kier molecular flexibility index (Phi) is 8.57. The average molecular weight is 320 g/mol. The minimum absolute atomic E-state index is 0. The van der Waals surface area contributed by atoms with E-state index in [2.05, 4.69) is 20.8 Å². The zero-order valence-electron chi connectivity index (χ0n) is 13.1. The molecule has 0 spiro atoms. The molecule has 0 saturated carbocycles. The van der Waals surface area contributed by atoms with Crippen molar-refractivity contribution in [2.24, 2.45) is 5.73 Å². The van der Waals surface area contributed by atoms with Crippen LogP contribution >= 0.6 is 24.0 Å². The third-order valence-electron chi connectivity index (χ3n) is 3.23. The first kappa shape index (κ1) is 19.6. The Labute approximate surface area is 134 Å². The van der Waals surface area contributed by atoms with Crippen LogP contribution in [0.5, 0.6) is 5.75 Å². The van der Waals surface area contributed by atoms with Crippen molar-refractivity contribution in [2.75, 3.05) is 6.61 Å². The summed E-state index contributed by atoms with van der Waals surface area (Å²) in [5, 5.41) is 0.809. The molecule has 1 atom stereocenters. The van der Waals surface area contributed by atoms with Crippen molar-refractivity contribution < 1.29 is 4.74 Å². The Balaban J connectivity index is 0.00000361. The van der Waals surface area contributed by atoms with E-state index in [1.54, 1.807) is 0 Å². The molecule has 0 heterocycles. The number of halogens is 2. The molecule has 1 aromatic carbocycles. The molecule has 4 heteroatoms. The molecule has 0 aliphatic heterocycles. The molecule has 0 fully saturated rings. The van der Waals surface area contributed by atoms with Gasteiger partial charge in [-0.15, -0.1) is 12.4 Å². The van der Waals surface area contributed by atoms with Gasteiger partial charge in [0.05, 0.1) is 6.61 Å². The first-order valence-corrected chi connectivity index (χ1v) is 7.46. The normalized spacial score (nSPS) is 12.2. The second kappa shape index (κ2) is 8.76. The molecule has 1 rings (SSSR count). The van der Waals surface area contributed by atoms with Gasteiger partial charge in [-0.3, -0.25) is 0 Å². The standard InChI is InChI=1S/C16H26ClNO.ClH/c1-6-7-19-16-13(10(2)3)9-15(17)12(5)14(16)8-11(4)18;/h9-11H,6-8,18H2,1-5H3;1H. The summed E-state index contributed by atoms with van der Waals surface area (Å²) in [5.41, 5.74) is 9.41. The number of benzene rings is 1. The molecule has 116 valence electrons. The number of ether oxygens (including phenoxy) is 1. The maximum absolute atomic E-state index is 6.36. The van der Waals surface area contributed by atoms with Crippen molar-refractivity contribution in [1.82, 2.24) is 0 Å². The molecule has 0 bridgehead atoms. The fraction of sp³-hybridized carbons (Fsp3) is 0.625. The van der Waals surface area contributed by atoms with Gasteiger partial charge in [0.1, 0.15) is 5.75 Å². The Hall–Kier alpha value is -0.440. The van der Waals surface area contributed by atoms with Crippen molar-refractivity contribution in [3.8, 4) is 5.75 Å². The highest BCUT2D eigenvalue weighted by Gasteiger charge is 2.18. The SMILES string of the molecule is CCCOc1c(C(C)C)cc(Cl)c(C)c1CC(C)N.Cl. The third-order valence-corrected chi connectivity index (χ3v) is 3.62. The van der Waals surface area contributed by atoms with Crippen LogP contribution in [0.1, 0.15) is 56.7 Å². The molecule has 0 aliphatic carbocycles. The summed E-state index contributed by atoms with van der Waals surface area (Å²) >= 11 is 6.36. The molecular formula is C16H27Cl2NO. The lowest BCUT2D eigenvalue weighted by Gasteiger charge is -2.22. The highest BCUT2D eigenvalue weighted by molar-refractivity contribution is 6.31. The van der Waals surface area contributed by atoms with Crippen molar-refractivity contribution >= 4 is 24.0 Å². The molecule has 1 unspecified atom stereocenters. The van der Waals surface area contributed by atoms with E-state index in [4.69, 9.17) is 22.1 Å². The van der Waals surface area contributed by atoms with E-state index in [-0.39, 0.29) is 18.4 Å². The van der Waals surface area contributed by atoms with Crippen molar-refractivity contribution in [3.63, 3.8) is 0 Å². The fourth-order valence-electron chi connectivity index (χ4n) is 2.17. The summed E-state index contributed by atoms with van der Waals surface area (Å²) in [6.07, 6.45) is 1.79. The largest absolute Gasteiger partial charge is 0.493 e. The zero-order valence-corrected chi connectivity index (χ0v) is 14.7. The van der Waals surface area contributed by atoms with Crippen LogP contribution in [0.2, 0.25) is 5.02 Å². The van der Waals surface area contributed by atoms with Gasteiger partial charge in [-0.05, 0) is 49.8 Å². The molecule has 0 aromatic heterocycles. The minimum atomic E-state index is 0. The smallest absolute Gasteiger partial charge is 0.126 e. The first-order valence-electron chi connectivity index (χ1n) is 7.08. The minimum Gasteiger partial charge on any atom is -0.493 e. The summed E-state index contributed by atoms with van der Waals surface area (Å²) in [6, 6.07) is 2.14. The molecule has 1 aromatic rings. The lowest BCUT2D eigenvalue weighted by Crippen LogP contribution is -2.20. The zero-order chi connectivity index (χ0) is 14.6. The third kappa shape index (κ3) is 4.83. The molecule has 0 saturated heterocycles. The van der Waals surface area contributed by atoms with Crippen LogP contribution in [0.15, 0.2) is 6.07 Å². The number of hydrogen-bond donors (Lipinski definition) is 1. The van der Waals surface area contributed by atoms with Gasteiger partial charge in [0.2, 0.25) is 0 Å². The summed E-state index contributed by atoms with van der Waals surface area (Å²) in [7, 11) is 0. The van der Waals surface area contributed by atoms with Gasteiger partial charge >= 0.3 is 0 Å². The quantitative estimate of drug-likeness (QED) is 0.811. The van der Waals surface area contributed by atoms with Crippen LogP contribution in [-0.2, 0) is 6.42 Å². The van der Waals surface area contributed by atoms with Gasteiger partial charge in [0.25, 0.3) is 0 Å². The maximum atomic E-state index is 6.36. The fourth-order valence-corrected chi connectivity index (χ4v) is 2.40. The lowest BCUT2D eigenvalue weighted by molar-refractivity contribution is 0.309. The van der Waals surface area contributed by atoms with E-state index in [0.717, 1.165) is 35.8 Å². The second-order valence-corrected chi connectivity index (χ2v) is 5.97. The van der Waals surface area contributed by atoms with E-state index in [0.29, 0.717) is 5.92 Å². The molecule has 0 aliphatic rings. The highest BCUT2D eigenvalue weighted by atomic mass is 35.5. The van der Waals surface area contributed by atoms with E-state index in [9.17, 15) is 0 Å². The van der Waals surface area contributed by atoms with Crippen molar-refractivity contribution in [2.45, 2.75) is 59.4 Å². The number of rotatable bonds is 6. The molecule has 2 N–H and O–H groups in total. The summed E-state index contributed by atoms with van der Waals surface area (Å²) in [4.78, 5) is 0. The predicted octanol–water partition coefficient (Wildman–Crippen LogP) is 4.87. The van der Waals surface area contributed by atoms with Crippen LogP contribution in [-0.4, -0.2) is 12.6 Å². The summed E-state index contributed by atoms with van der Waals surface area (Å²) in [5.74, 6) is 1.38. The summed E-state index contributed by atoms with van der Waals surface area (Å²) < 4.78 is 6.00. The Bertz CT molecular complexity index is 431. The van der Waals surface area contributed by atoms with Gasteiger partial charge in [-0.2, -0.15) is 0 Å². The summed E-state index contributed by atoms with van der Waals surface area (Å²) in [6.45, 7) is 11.2. The van der Waals surface area contributed by atoms with E-state index in [1.807, 2.05) is 19.9 Å². The monoisotopic (exact) mass is 319 g/mol. The Morgan fingerprint density at radius 3 is 2.35 bits per heavy atom. The van der Waals surface area contributed by atoms with Gasteiger partial charge in [0, 0.05) is 16.6 Å². The maximum Gasteiger partial charge on any atom is 0.126 e. The van der Waals surface area contributed by atoms with Crippen LogP contribution in [0, 0.1) is 6.92 Å². The lowest BCUT2D eigenvalue weighted by atomic mass is 9.93. The Morgan fingerprint density at radius 2 is 1.90 bits per heavy atom. The van der Waals surface area contributed by atoms with Gasteiger partial charge in [-0.25, -0.2) is 0 Å². The molecule has 2 nitrogen and oxygen atoms in total. The average Bonchev–Trinajstić information content (AvgIpc) is 2.32. The van der Waals surface area contributed by atoms with Gasteiger partial charge in [0.15, 0.2) is 0 Å². The van der Waals surface area contributed by atoms with Crippen LogP contribution in [0.3, 0.4) is 0 Å². The molecule has 0 radical (unpaired) electrons. The van der Waals surface area contributed by atoms with Crippen molar-refractivity contribution in [1.29, 1.82) is 0 Å². The molecular weight excluding hydrogens is 293 g/mol. The van der Waals surface area contributed by atoms with E-state index < -0.39 is 0 Å². The highest BCUT2D eigenvalue weighted by Crippen LogP contribution is 2.37. The predicted molar refractivity (Wildman–Crippen MR) is 90.7 cm³/mol.